The summed E-state index contributed by atoms with van der Waals surface area (Å²) in [5.41, 5.74) is -0.805. The van der Waals surface area contributed by atoms with E-state index in [0.29, 0.717) is 12.1 Å². The first-order chi connectivity index (χ1) is 5.53. The largest absolute Gasteiger partial charge is 0.390 e. The summed E-state index contributed by atoms with van der Waals surface area (Å²) >= 11 is 0. The molecule has 12 heavy (non-hydrogen) atoms. The predicted molar refractivity (Wildman–Crippen MR) is 45.8 cm³/mol. The lowest BCUT2D eigenvalue weighted by Gasteiger charge is -2.57. The quantitative estimate of drug-likeness (QED) is 0.582. The van der Waals surface area contributed by atoms with E-state index in [0.717, 1.165) is 12.8 Å². The Hall–Kier alpha value is -0.120. The molecular formula is C9H17NO2. The van der Waals surface area contributed by atoms with Crippen molar-refractivity contribution in [2.24, 2.45) is 0 Å². The lowest BCUT2D eigenvalue weighted by atomic mass is 9.69. The van der Waals surface area contributed by atoms with E-state index >= 15 is 0 Å². The van der Waals surface area contributed by atoms with E-state index in [2.05, 4.69) is 11.9 Å². The molecule has 3 atom stereocenters. The number of aliphatic hydroxyl groups is 2. The summed E-state index contributed by atoms with van der Waals surface area (Å²) in [4.78, 5) is 2.30. The van der Waals surface area contributed by atoms with Crippen LogP contribution < -0.4 is 0 Å². The molecule has 3 nitrogen and oxygen atoms in total. The first-order valence-corrected chi connectivity index (χ1v) is 4.65. The highest BCUT2D eigenvalue weighted by Gasteiger charge is 2.51. The zero-order valence-electron chi connectivity index (χ0n) is 7.70. The van der Waals surface area contributed by atoms with Gasteiger partial charge in [0.05, 0.1) is 11.7 Å². The SMILES string of the molecule is CC(O)C1(O)CC2CC(C1)N2C. The zero-order valence-corrected chi connectivity index (χ0v) is 7.70. The van der Waals surface area contributed by atoms with Crippen LogP contribution in [0.2, 0.25) is 0 Å². The molecule has 2 saturated heterocycles. The van der Waals surface area contributed by atoms with E-state index < -0.39 is 11.7 Å². The third-order valence-electron chi connectivity index (χ3n) is 3.65. The molecule has 3 unspecified atom stereocenters. The zero-order chi connectivity index (χ0) is 8.93. The van der Waals surface area contributed by atoms with E-state index in [9.17, 15) is 10.2 Å². The summed E-state index contributed by atoms with van der Waals surface area (Å²) in [6.45, 7) is 1.69. The van der Waals surface area contributed by atoms with Crippen LogP contribution in [0.25, 0.3) is 0 Å². The molecule has 2 bridgehead atoms. The molecule has 3 heteroatoms. The highest BCUT2D eigenvalue weighted by atomic mass is 16.3. The number of piperidine rings is 1. The maximum Gasteiger partial charge on any atom is 0.0932 e. The van der Waals surface area contributed by atoms with Crippen LogP contribution in [0.1, 0.15) is 26.2 Å². The fraction of sp³-hybridized carbons (Fsp3) is 1.00. The second-order valence-electron chi connectivity index (χ2n) is 4.40. The molecule has 0 radical (unpaired) electrons. The Balaban J connectivity index is 2.06. The lowest BCUT2D eigenvalue weighted by molar-refractivity contribution is -0.168. The van der Waals surface area contributed by atoms with Crippen LogP contribution in [0.15, 0.2) is 0 Å². The van der Waals surface area contributed by atoms with Crippen molar-refractivity contribution in [3.05, 3.63) is 0 Å². The molecule has 2 heterocycles. The maximum absolute atomic E-state index is 9.99. The molecule has 3 fully saturated rings. The number of nitrogens with zero attached hydrogens (tertiary/aromatic N) is 1. The first-order valence-electron chi connectivity index (χ1n) is 4.65. The highest BCUT2D eigenvalue weighted by molar-refractivity contribution is 5.06. The van der Waals surface area contributed by atoms with Crippen LogP contribution in [0.3, 0.4) is 0 Å². The van der Waals surface area contributed by atoms with Crippen LogP contribution in [0.4, 0.5) is 0 Å². The summed E-state index contributed by atoms with van der Waals surface area (Å²) in [5, 5.41) is 19.4. The Morgan fingerprint density at radius 1 is 1.42 bits per heavy atom. The molecule has 1 saturated carbocycles. The topological polar surface area (TPSA) is 43.7 Å². The highest BCUT2D eigenvalue weighted by Crippen LogP contribution is 2.43. The van der Waals surface area contributed by atoms with Crippen molar-refractivity contribution in [2.75, 3.05) is 7.05 Å². The van der Waals surface area contributed by atoms with Gasteiger partial charge < -0.3 is 15.1 Å². The third kappa shape index (κ3) is 1.00. The van der Waals surface area contributed by atoms with Gasteiger partial charge in [0.15, 0.2) is 0 Å². The number of hydrogen-bond acceptors (Lipinski definition) is 3. The summed E-state index contributed by atoms with van der Waals surface area (Å²) in [6.07, 6.45) is 2.08. The minimum absolute atomic E-state index is 0.503. The molecule has 70 valence electrons. The van der Waals surface area contributed by atoms with Crippen molar-refractivity contribution >= 4 is 0 Å². The molecule has 2 aliphatic heterocycles. The normalized spacial score (nSPS) is 50.0. The first kappa shape index (κ1) is 8.48. The van der Waals surface area contributed by atoms with Crippen molar-refractivity contribution in [1.82, 2.24) is 4.90 Å². The van der Waals surface area contributed by atoms with Crippen molar-refractivity contribution in [3.63, 3.8) is 0 Å². The van der Waals surface area contributed by atoms with Gasteiger partial charge in [-0.1, -0.05) is 0 Å². The van der Waals surface area contributed by atoms with Crippen molar-refractivity contribution in [1.29, 1.82) is 0 Å². The Morgan fingerprint density at radius 3 is 2.25 bits per heavy atom. The Morgan fingerprint density at radius 2 is 1.92 bits per heavy atom. The summed E-state index contributed by atoms with van der Waals surface area (Å²) in [5.74, 6) is 0. The molecule has 3 rings (SSSR count). The second-order valence-corrected chi connectivity index (χ2v) is 4.40. The van der Waals surface area contributed by atoms with Gasteiger partial charge >= 0.3 is 0 Å². The standard InChI is InChI=1S/C9H17NO2/c1-6(11)9(12)4-7-3-8(5-9)10(7)2/h6-8,11-12H,3-5H2,1-2H3. The van der Waals surface area contributed by atoms with Gasteiger partial charge in [0.25, 0.3) is 0 Å². The molecule has 0 aromatic carbocycles. The average molecular weight is 171 g/mol. The molecule has 1 aliphatic carbocycles. The Bertz CT molecular complexity index is 181. The van der Waals surface area contributed by atoms with Crippen molar-refractivity contribution in [3.8, 4) is 0 Å². The predicted octanol–water partition coefficient (Wildman–Crippen LogP) is -0.0352. The number of rotatable bonds is 1. The number of fused-ring (bicyclic) bond motifs is 2. The van der Waals surface area contributed by atoms with E-state index in [-0.39, 0.29) is 0 Å². The lowest BCUT2D eigenvalue weighted by Crippen LogP contribution is -2.66. The molecule has 0 aromatic rings. The molecule has 3 aliphatic rings. The van der Waals surface area contributed by atoms with Gasteiger partial charge in [0, 0.05) is 12.1 Å². The van der Waals surface area contributed by atoms with Gasteiger partial charge in [0.1, 0.15) is 0 Å². The van der Waals surface area contributed by atoms with Gasteiger partial charge in [-0.25, -0.2) is 0 Å². The molecule has 0 amide bonds. The Kier molecular flexibility index (Phi) is 1.72. The Labute approximate surface area is 73.0 Å². The summed E-state index contributed by atoms with van der Waals surface area (Å²) in [7, 11) is 2.10. The smallest absolute Gasteiger partial charge is 0.0932 e. The fourth-order valence-corrected chi connectivity index (χ4v) is 2.50. The average Bonchev–Trinajstić information content (AvgIpc) is 2.03. The van der Waals surface area contributed by atoms with Gasteiger partial charge in [-0.3, -0.25) is 0 Å². The minimum atomic E-state index is -0.805. The van der Waals surface area contributed by atoms with E-state index in [4.69, 9.17) is 0 Å². The van der Waals surface area contributed by atoms with Gasteiger partial charge in [-0.15, -0.1) is 0 Å². The summed E-state index contributed by atoms with van der Waals surface area (Å²) < 4.78 is 0. The maximum atomic E-state index is 9.99. The number of hydrogen-bond donors (Lipinski definition) is 2. The van der Waals surface area contributed by atoms with Crippen LogP contribution in [0.5, 0.6) is 0 Å². The van der Waals surface area contributed by atoms with E-state index in [1.165, 1.54) is 6.42 Å². The minimum Gasteiger partial charge on any atom is -0.390 e. The van der Waals surface area contributed by atoms with E-state index in [1.54, 1.807) is 6.92 Å². The van der Waals surface area contributed by atoms with Crippen molar-refractivity contribution in [2.45, 2.75) is 50.0 Å². The second kappa shape index (κ2) is 2.44. The van der Waals surface area contributed by atoms with Crippen LogP contribution in [-0.4, -0.2) is 45.9 Å². The third-order valence-corrected chi connectivity index (χ3v) is 3.65. The van der Waals surface area contributed by atoms with Crippen LogP contribution in [-0.2, 0) is 0 Å². The van der Waals surface area contributed by atoms with E-state index in [1.807, 2.05) is 0 Å². The number of aliphatic hydroxyl groups excluding tert-OH is 1. The molecule has 2 N–H and O–H groups in total. The monoisotopic (exact) mass is 171 g/mol. The van der Waals surface area contributed by atoms with Crippen LogP contribution >= 0.6 is 0 Å². The van der Waals surface area contributed by atoms with Gasteiger partial charge in [-0.05, 0) is 33.2 Å². The molecule has 0 spiro atoms. The van der Waals surface area contributed by atoms with Gasteiger partial charge in [0.2, 0.25) is 0 Å². The summed E-state index contributed by atoms with van der Waals surface area (Å²) in [6, 6.07) is 1.01. The van der Waals surface area contributed by atoms with Gasteiger partial charge in [-0.2, -0.15) is 0 Å². The molecular weight excluding hydrogens is 154 g/mol. The fourth-order valence-electron chi connectivity index (χ4n) is 2.50. The van der Waals surface area contributed by atoms with Crippen LogP contribution in [0, 0.1) is 0 Å². The van der Waals surface area contributed by atoms with Crippen molar-refractivity contribution < 1.29 is 10.2 Å². The molecule has 0 aromatic heterocycles.